The van der Waals surface area contributed by atoms with Crippen molar-refractivity contribution in [1.29, 1.82) is 0 Å². The van der Waals surface area contributed by atoms with Gasteiger partial charge in [-0.25, -0.2) is 5.43 Å². The quantitative estimate of drug-likeness (QED) is 0.266. The van der Waals surface area contributed by atoms with Gasteiger partial charge in [-0.1, -0.05) is 40.7 Å². The predicted octanol–water partition coefficient (Wildman–Crippen LogP) is 6.72. The van der Waals surface area contributed by atoms with E-state index in [-0.39, 0.29) is 59.5 Å². The Bertz CT molecular complexity index is 2000. The molecule has 0 radical (unpaired) electrons. The number of methoxy groups -OCH3 is 1. The summed E-state index contributed by atoms with van der Waals surface area (Å²) >= 11 is 1.68. The summed E-state index contributed by atoms with van der Waals surface area (Å²) in [5, 5.41) is 6.80. The molecule has 3 aliphatic heterocycles. The van der Waals surface area contributed by atoms with Crippen LogP contribution in [0, 0.1) is 23.2 Å². The second-order valence-corrected chi connectivity index (χ2v) is 18.5. The minimum atomic E-state index is -0.804. The number of cyclic esters (lactones) is 1. The van der Waals surface area contributed by atoms with Crippen molar-refractivity contribution >= 4 is 45.5 Å². The maximum atomic E-state index is 14.2. The summed E-state index contributed by atoms with van der Waals surface area (Å²) in [5.74, 6) is -0.264. The van der Waals surface area contributed by atoms with E-state index in [1.807, 2.05) is 19.2 Å². The van der Waals surface area contributed by atoms with Crippen LogP contribution in [-0.2, 0) is 30.3 Å². The van der Waals surface area contributed by atoms with E-state index in [0.717, 1.165) is 40.4 Å². The number of fused-ring (bicyclic) bond motifs is 5. The zero-order valence-electron chi connectivity index (χ0n) is 32.6. The van der Waals surface area contributed by atoms with Gasteiger partial charge < -0.3 is 19.4 Å². The lowest BCUT2D eigenvalue weighted by Crippen LogP contribution is -2.60. The summed E-state index contributed by atoms with van der Waals surface area (Å²) in [6.07, 6.45) is 6.01. The van der Waals surface area contributed by atoms with E-state index >= 15 is 0 Å². The van der Waals surface area contributed by atoms with Gasteiger partial charge in [0, 0.05) is 65.4 Å². The molecule has 6 bridgehead atoms. The van der Waals surface area contributed by atoms with E-state index in [9.17, 15) is 14.4 Å². The Morgan fingerprint density at radius 3 is 2.63 bits per heavy atom. The van der Waals surface area contributed by atoms with Gasteiger partial charge in [0.2, 0.25) is 5.91 Å². The summed E-state index contributed by atoms with van der Waals surface area (Å²) in [5.41, 5.74) is 9.38. The van der Waals surface area contributed by atoms with E-state index in [4.69, 9.17) is 19.5 Å². The number of carbonyl (C=O) groups is 3. The molecule has 1 saturated heterocycles. The molecule has 2 aromatic heterocycles. The Kier molecular flexibility index (Phi) is 9.92. The number of pyridine rings is 1. The Balaban J connectivity index is 1.25. The number of thioether (sulfide) groups is 1. The number of aliphatic imine (C=N–C) groups is 1. The van der Waals surface area contributed by atoms with Crippen molar-refractivity contribution in [2.45, 2.75) is 116 Å². The van der Waals surface area contributed by atoms with Crippen molar-refractivity contribution in [3.8, 4) is 11.3 Å². The molecule has 2 N–H and O–H groups in total. The lowest BCUT2D eigenvalue weighted by Gasteiger charge is -2.35. The number of rotatable bonds is 6. The van der Waals surface area contributed by atoms with Gasteiger partial charge >= 0.3 is 5.97 Å². The molecule has 11 nitrogen and oxygen atoms in total. The zero-order valence-corrected chi connectivity index (χ0v) is 33.4. The van der Waals surface area contributed by atoms with Crippen molar-refractivity contribution < 1.29 is 23.9 Å². The number of hydrogen-bond acceptors (Lipinski definition) is 9. The highest BCUT2D eigenvalue weighted by molar-refractivity contribution is 8.14. The molecule has 3 fully saturated rings. The van der Waals surface area contributed by atoms with E-state index in [0.29, 0.717) is 38.3 Å². The molecule has 3 aromatic rings. The summed E-state index contributed by atoms with van der Waals surface area (Å²) in [7, 11) is 1.72. The summed E-state index contributed by atoms with van der Waals surface area (Å²) < 4.78 is 14.5. The third kappa shape index (κ3) is 6.98. The molecule has 0 spiro atoms. The number of hydrogen-bond donors (Lipinski definition) is 2. The van der Waals surface area contributed by atoms with Crippen molar-refractivity contribution in [1.82, 2.24) is 25.3 Å². The molecule has 8 atom stereocenters. The Labute approximate surface area is 322 Å². The highest BCUT2D eigenvalue weighted by Gasteiger charge is 2.49. The van der Waals surface area contributed by atoms with E-state index in [1.165, 1.54) is 21.5 Å². The summed E-state index contributed by atoms with van der Waals surface area (Å²) in [6, 6.07) is 9.76. The Morgan fingerprint density at radius 1 is 1.13 bits per heavy atom. The fourth-order valence-corrected chi connectivity index (χ4v) is 10.0. The first-order valence-electron chi connectivity index (χ1n) is 19.8. The molecule has 5 aliphatic rings. The minimum absolute atomic E-state index is 0.0930. The molecule has 2 unspecified atom stereocenters. The number of aromatic nitrogens is 2. The highest BCUT2D eigenvalue weighted by atomic mass is 32.2. The SMILES string of the molecule is CO[C@@H](C)c1ncccc1-c1c2c3cc(ccc3n1C1CC1)C1N=C(C[C@H](NC(=O)[C@H]3[C@H](C)[C@@H]3C)C(=O)N3CCC[C@H](N3)C(=O)OCC(C)(C)C2)SC1C. The molecule has 5 heterocycles. The van der Waals surface area contributed by atoms with E-state index in [2.05, 4.69) is 74.2 Å². The van der Waals surface area contributed by atoms with Crippen LogP contribution in [0.15, 0.2) is 41.5 Å². The molecule has 2 aliphatic carbocycles. The van der Waals surface area contributed by atoms with Crippen LogP contribution in [0.1, 0.15) is 109 Å². The number of ether oxygens (including phenoxy) is 2. The summed E-state index contributed by atoms with van der Waals surface area (Å²) in [4.78, 5) is 51.5. The second-order valence-electron chi connectivity index (χ2n) is 17.1. The van der Waals surface area contributed by atoms with Gasteiger partial charge in [-0.05, 0) is 86.3 Å². The third-order valence-corrected chi connectivity index (χ3v) is 13.6. The number of nitrogens with one attached hydrogen (secondary N) is 2. The third-order valence-electron chi connectivity index (χ3n) is 12.4. The number of benzene rings is 1. The van der Waals surface area contributed by atoms with Gasteiger partial charge in [0.25, 0.3) is 5.91 Å². The molecule has 1 aromatic carbocycles. The minimum Gasteiger partial charge on any atom is -0.464 e. The molecule has 2 saturated carbocycles. The average molecular weight is 755 g/mol. The fraction of sp³-hybridized carbons (Fsp3) is 0.595. The van der Waals surface area contributed by atoms with Crippen molar-refractivity contribution in [3.05, 3.63) is 53.3 Å². The molecule has 54 heavy (non-hydrogen) atoms. The maximum absolute atomic E-state index is 14.2. The number of hydrazine groups is 1. The van der Waals surface area contributed by atoms with E-state index in [1.54, 1.807) is 18.9 Å². The average Bonchev–Trinajstić information content (AvgIpc) is 4.04. The summed E-state index contributed by atoms with van der Waals surface area (Å²) in [6.45, 7) is 13.3. The van der Waals surface area contributed by atoms with Crippen LogP contribution in [0.3, 0.4) is 0 Å². The molecule has 12 heteroatoms. The largest absolute Gasteiger partial charge is 0.464 e. The van der Waals surface area contributed by atoms with Crippen LogP contribution in [0.4, 0.5) is 0 Å². The second kappa shape index (κ2) is 14.4. The van der Waals surface area contributed by atoms with Crippen LogP contribution < -0.4 is 10.7 Å². The number of nitrogens with zero attached hydrogens (tertiary/aromatic N) is 4. The van der Waals surface area contributed by atoms with Crippen LogP contribution in [-0.4, -0.2) is 75.0 Å². The number of amides is 2. The monoisotopic (exact) mass is 754 g/mol. The Hall–Kier alpha value is -3.74. The van der Waals surface area contributed by atoms with Crippen LogP contribution in [0.2, 0.25) is 0 Å². The predicted molar refractivity (Wildman–Crippen MR) is 211 cm³/mol. The van der Waals surface area contributed by atoms with Gasteiger partial charge in [-0.2, -0.15) is 0 Å². The number of esters is 1. The highest BCUT2D eigenvalue weighted by Crippen LogP contribution is 2.49. The molecule has 8 rings (SSSR count). The van der Waals surface area contributed by atoms with Crippen LogP contribution in [0.25, 0.3) is 22.2 Å². The van der Waals surface area contributed by atoms with E-state index < -0.39 is 17.5 Å². The topological polar surface area (TPSA) is 127 Å². The van der Waals surface area contributed by atoms with Crippen molar-refractivity contribution in [2.24, 2.45) is 28.2 Å². The van der Waals surface area contributed by atoms with Crippen molar-refractivity contribution in [2.75, 3.05) is 20.3 Å². The molecule has 2 amide bonds. The van der Waals surface area contributed by atoms with Gasteiger partial charge in [0.05, 0.1) is 35.2 Å². The van der Waals surface area contributed by atoms with Gasteiger partial charge in [-0.15, -0.1) is 11.8 Å². The fourth-order valence-electron chi connectivity index (χ4n) is 8.82. The lowest BCUT2D eigenvalue weighted by atomic mass is 9.84. The lowest BCUT2D eigenvalue weighted by molar-refractivity contribution is -0.155. The standard InChI is InChI=1S/C42H54N6O5S/c1-22-23(2)35(22)39(49)44-32-19-34-45-37(25(4)54-34)26-12-15-33-29(18-26)30(20-42(5,6)21-53-41(51)31-11-9-17-47(46-31)40(32)50)38(48(33)27-13-14-27)28-10-8-16-43-36(28)24(3)52-7/h8,10,12,15-16,18,22-25,27,31-32,35,37,46H,9,11,13-14,17,19-21H2,1-7H3,(H,44,49)/t22-,23+,24-,25?,31-,32-,35+,37?/m0/s1. The van der Waals surface area contributed by atoms with Gasteiger partial charge in [0.1, 0.15) is 12.1 Å². The maximum Gasteiger partial charge on any atom is 0.324 e. The van der Waals surface area contributed by atoms with Gasteiger partial charge in [-0.3, -0.25) is 29.4 Å². The Morgan fingerprint density at radius 2 is 1.91 bits per heavy atom. The first-order valence-corrected chi connectivity index (χ1v) is 20.7. The number of carbonyl (C=O) groups excluding carboxylic acids is 3. The zero-order chi connectivity index (χ0) is 38.1. The smallest absolute Gasteiger partial charge is 0.324 e. The van der Waals surface area contributed by atoms with Crippen LogP contribution >= 0.6 is 11.8 Å². The molecular weight excluding hydrogens is 701 g/mol. The van der Waals surface area contributed by atoms with Crippen molar-refractivity contribution in [3.63, 3.8) is 0 Å². The normalized spacial score (nSPS) is 30.4. The first kappa shape index (κ1) is 37.2. The molecular formula is C42H54N6O5S. The molecule has 288 valence electrons. The van der Waals surface area contributed by atoms with Gasteiger partial charge in [0.15, 0.2) is 0 Å². The van der Waals surface area contributed by atoms with Crippen LogP contribution in [0.5, 0.6) is 0 Å². The first-order chi connectivity index (χ1) is 25.8.